The van der Waals surface area contributed by atoms with Crippen molar-refractivity contribution in [3.8, 4) is 5.75 Å². The van der Waals surface area contributed by atoms with Gasteiger partial charge in [0.15, 0.2) is 12.4 Å². The lowest BCUT2D eigenvalue weighted by Crippen LogP contribution is -2.30. The summed E-state index contributed by atoms with van der Waals surface area (Å²) >= 11 is 1.65. The number of Topliss-reactive ketones (excluding diaryl/α,β-unsaturated/α-hetero) is 1. The predicted octanol–water partition coefficient (Wildman–Crippen LogP) is 3.69. The normalized spacial score (nSPS) is 10.4. The number of aryl methyl sites for hydroxylation is 1. The highest BCUT2D eigenvalue weighted by Crippen LogP contribution is 2.18. The fourth-order valence-electron chi connectivity index (χ4n) is 2.07. The number of ether oxygens (including phenoxy) is 1. The molecule has 0 N–H and O–H groups in total. The molecule has 23 heavy (non-hydrogen) atoms. The number of rotatable bonds is 7. The molecule has 1 aromatic carbocycles. The predicted molar refractivity (Wildman–Crippen MR) is 92.1 cm³/mol. The minimum atomic E-state index is -0.0773. The summed E-state index contributed by atoms with van der Waals surface area (Å²) in [6.07, 6.45) is 0.478. The van der Waals surface area contributed by atoms with E-state index >= 15 is 0 Å². The second-order valence-electron chi connectivity index (χ2n) is 5.37. The summed E-state index contributed by atoms with van der Waals surface area (Å²) in [6, 6.07) is 8.95. The van der Waals surface area contributed by atoms with Crippen LogP contribution in [0.3, 0.4) is 0 Å². The minimum absolute atomic E-state index is 0.0119. The number of likely N-dealkylation sites (N-methyl/N-ethyl adjacent to an activating group) is 1. The lowest BCUT2D eigenvalue weighted by atomic mass is 10.1. The first-order chi connectivity index (χ1) is 11.0. The number of carbonyl (C=O) groups excluding carboxylic acids is 2. The molecule has 0 atom stereocenters. The van der Waals surface area contributed by atoms with Crippen LogP contribution in [0, 0.1) is 6.92 Å². The molecule has 0 aliphatic rings. The summed E-state index contributed by atoms with van der Waals surface area (Å²) in [5, 5.41) is 2.03. The Morgan fingerprint density at radius 3 is 2.43 bits per heavy atom. The lowest BCUT2D eigenvalue weighted by molar-refractivity contribution is -0.132. The van der Waals surface area contributed by atoms with E-state index in [-0.39, 0.29) is 18.3 Å². The summed E-state index contributed by atoms with van der Waals surface area (Å²) in [6.45, 7) is 4.45. The van der Waals surface area contributed by atoms with Gasteiger partial charge in [0.25, 0.3) is 5.91 Å². The second-order valence-corrected chi connectivity index (χ2v) is 6.37. The molecule has 0 bridgehead atoms. The van der Waals surface area contributed by atoms with Gasteiger partial charge in [-0.25, -0.2) is 0 Å². The molecule has 0 aliphatic carbocycles. The quantitative estimate of drug-likeness (QED) is 0.727. The maximum Gasteiger partial charge on any atom is 0.260 e. The molecule has 0 aliphatic heterocycles. The molecular weight excluding hydrogens is 310 g/mol. The van der Waals surface area contributed by atoms with Crippen LogP contribution in [0.5, 0.6) is 5.75 Å². The van der Waals surface area contributed by atoms with Gasteiger partial charge in [0.05, 0.1) is 6.54 Å². The molecule has 0 fully saturated rings. The van der Waals surface area contributed by atoms with Crippen molar-refractivity contribution in [1.29, 1.82) is 0 Å². The summed E-state index contributed by atoms with van der Waals surface area (Å²) in [5.74, 6) is 0.608. The van der Waals surface area contributed by atoms with Crippen molar-refractivity contribution < 1.29 is 14.3 Å². The van der Waals surface area contributed by atoms with Crippen molar-refractivity contribution in [1.82, 2.24) is 4.90 Å². The molecule has 0 radical (unpaired) electrons. The fraction of sp³-hybridized carbons (Fsp3) is 0.333. The highest BCUT2D eigenvalue weighted by molar-refractivity contribution is 7.10. The Bertz CT molecular complexity index is 676. The van der Waals surface area contributed by atoms with Crippen molar-refractivity contribution >= 4 is 23.0 Å². The van der Waals surface area contributed by atoms with Crippen LogP contribution < -0.4 is 4.74 Å². The van der Waals surface area contributed by atoms with Crippen LogP contribution >= 0.6 is 11.3 Å². The lowest BCUT2D eigenvalue weighted by Gasteiger charge is -2.17. The summed E-state index contributed by atoms with van der Waals surface area (Å²) in [4.78, 5) is 26.5. The first-order valence-corrected chi connectivity index (χ1v) is 8.42. The van der Waals surface area contributed by atoms with Crippen LogP contribution in [0.1, 0.15) is 34.1 Å². The largest absolute Gasteiger partial charge is 0.484 e. The number of hydrogen-bond acceptors (Lipinski definition) is 4. The third kappa shape index (κ3) is 4.66. The zero-order valence-electron chi connectivity index (χ0n) is 13.7. The Morgan fingerprint density at radius 2 is 1.87 bits per heavy atom. The number of nitrogens with zero attached hydrogens (tertiary/aromatic N) is 1. The number of hydrogen-bond donors (Lipinski definition) is 0. The average molecular weight is 331 g/mol. The van der Waals surface area contributed by atoms with Crippen LogP contribution in [-0.4, -0.2) is 30.2 Å². The molecule has 5 heteroatoms. The Morgan fingerprint density at radius 1 is 1.17 bits per heavy atom. The van der Waals surface area contributed by atoms with E-state index in [9.17, 15) is 9.59 Å². The topological polar surface area (TPSA) is 46.6 Å². The summed E-state index contributed by atoms with van der Waals surface area (Å²) in [5.41, 5.74) is 1.86. The average Bonchev–Trinajstić information content (AvgIpc) is 2.97. The third-order valence-corrected chi connectivity index (χ3v) is 4.64. The number of amides is 1. The number of ketones is 1. The van der Waals surface area contributed by atoms with Crippen LogP contribution in [0.4, 0.5) is 0 Å². The molecular formula is C18H21NO3S. The van der Waals surface area contributed by atoms with Gasteiger partial charge in [-0.2, -0.15) is 0 Å². The van der Waals surface area contributed by atoms with Crippen LogP contribution in [0.25, 0.3) is 0 Å². The number of benzene rings is 1. The van der Waals surface area contributed by atoms with Crippen LogP contribution in [0.2, 0.25) is 0 Å². The zero-order chi connectivity index (χ0) is 16.8. The molecule has 1 amide bonds. The van der Waals surface area contributed by atoms with E-state index in [0.29, 0.717) is 24.3 Å². The molecule has 0 saturated heterocycles. The first kappa shape index (κ1) is 17.2. The van der Waals surface area contributed by atoms with Gasteiger partial charge in [-0.15, -0.1) is 11.3 Å². The van der Waals surface area contributed by atoms with Crippen molar-refractivity contribution in [3.63, 3.8) is 0 Å². The fourth-order valence-corrected chi connectivity index (χ4v) is 3.02. The molecule has 2 rings (SSSR count). The maximum absolute atomic E-state index is 12.1. The van der Waals surface area contributed by atoms with Crippen LogP contribution in [-0.2, 0) is 11.3 Å². The van der Waals surface area contributed by atoms with Gasteiger partial charge in [-0.1, -0.05) is 6.92 Å². The van der Waals surface area contributed by atoms with Gasteiger partial charge in [-0.05, 0) is 48.2 Å². The van der Waals surface area contributed by atoms with Gasteiger partial charge in [-0.3, -0.25) is 9.59 Å². The molecule has 1 aromatic heterocycles. The monoisotopic (exact) mass is 331 g/mol. The Labute approximate surface area is 140 Å². The van der Waals surface area contributed by atoms with Crippen molar-refractivity contribution in [2.45, 2.75) is 26.8 Å². The van der Waals surface area contributed by atoms with E-state index in [0.717, 1.165) is 0 Å². The Hall–Kier alpha value is -2.14. The smallest absolute Gasteiger partial charge is 0.260 e. The van der Waals surface area contributed by atoms with E-state index in [4.69, 9.17) is 4.74 Å². The number of thiophene rings is 1. The van der Waals surface area contributed by atoms with Crippen LogP contribution in [0.15, 0.2) is 35.7 Å². The second kappa shape index (κ2) is 7.92. The van der Waals surface area contributed by atoms with Gasteiger partial charge < -0.3 is 9.64 Å². The molecule has 0 spiro atoms. The minimum Gasteiger partial charge on any atom is -0.484 e. The van der Waals surface area contributed by atoms with Crippen molar-refractivity contribution in [3.05, 3.63) is 51.7 Å². The SMILES string of the molecule is CCC(=O)c1ccc(OCC(=O)N(C)Cc2sccc2C)cc1. The highest BCUT2D eigenvalue weighted by atomic mass is 32.1. The molecule has 1 heterocycles. The standard InChI is InChI=1S/C18H21NO3S/c1-4-16(20)14-5-7-15(8-6-14)22-12-18(21)19(3)11-17-13(2)9-10-23-17/h5-10H,4,11-12H2,1-3H3. The van der Waals surface area contributed by atoms with Gasteiger partial charge in [0.1, 0.15) is 5.75 Å². The van der Waals surface area contributed by atoms with Crippen molar-refractivity contribution in [2.24, 2.45) is 0 Å². The Kier molecular flexibility index (Phi) is 5.93. The summed E-state index contributed by atoms with van der Waals surface area (Å²) in [7, 11) is 1.77. The highest BCUT2D eigenvalue weighted by Gasteiger charge is 2.12. The first-order valence-electron chi connectivity index (χ1n) is 7.54. The molecule has 0 unspecified atom stereocenters. The van der Waals surface area contributed by atoms with Gasteiger partial charge in [0, 0.05) is 23.9 Å². The Balaban J connectivity index is 1.86. The van der Waals surface area contributed by atoms with Gasteiger partial charge in [0.2, 0.25) is 0 Å². The maximum atomic E-state index is 12.1. The summed E-state index contributed by atoms with van der Waals surface area (Å²) < 4.78 is 5.51. The molecule has 2 aromatic rings. The molecule has 0 saturated carbocycles. The molecule has 122 valence electrons. The van der Waals surface area contributed by atoms with E-state index in [2.05, 4.69) is 0 Å². The molecule has 4 nitrogen and oxygen atoms in total. The van der Waals surface area contributed by atoms with E-state index in [1.54, 1.807) is 47.5 Å². The number of carbonyl (C=O) groups is 2. The van der Waals surface area contributed by atoms with Gasteiger partial charge >= 0.3 is 0 Å². The van der Waals surface area contributed by atoms with Crippen molar-refractivity contribution in [2.75, 3.05) is 13.7 Å². The van der Waals surface area contributed by atoms with E-state index in [1.807, 2.05) is 25.3 Å². The third-order valence-electron chi connectivity index (χ3n) is 3.63. The van der Waals surface area contributed by atoms with E-state index < -0.39 is 0 Å². The zero-order valence-corrected chi connectivity index (χ0v) is 14.5. The van der Waals surface area contributed by atoms with E-state index in [1.165, 1.54) is 10.4 Å².